The Kier molecular flexibility index (Phi) is 4.21. The Morgan fingerprint density at radius 1 is 1.08 bits per heavy atom. The van der Waals surface area contributed by atoms with Gasteiger partial charge in [-0.25, -0.2) is 14.4 Å². The summed E-state index contributed by atoms with van der Waals surface area (Å²) in [5.41, 5.74) is 5.65. The molecule has 0 bridgehead atoms. The van der Waals surface area contributed by atoms with Crippen molar-refractivity contribution >= 4 is 11.7 Å². The van der Waals surface area contributed by atoms with E-state index < -0.39 is 0 Å². The maximum absolute atomic E-state index is 13.0. The van der Waals surface area contributed by atoms with Crippen molar-refractivity contribution in [1.82, 2.24) is 9.97 Å². The van der Waals surface area contributed by atoms with Crippen LogP contribution in [0.25, 0.3) is 11.3 Å². The van der Waals surface area contributed by atoms with Crippen LogP contribution in [0.1, 0.15) is 22.5 Å². The number of fused-ring (bicyclic) bond motifs is 3. The van der Waals surface area contributed by atoms with Gasteiger partial charge in [-0.05, 0) is 43.0 Å². The van der Waals surface area contributed by atoms with Crippen LogP contribution in [-0.4, -0.2) is 15.9 Å². The number of nitrogens with one attached hydrogen (secondary N) is 1. The minimum absolute atomic E-state index is 0.168. The number of hydrogen-bond acceptors (Lipinski definition) is 3. The molecule has 1 aliphatic carbocycles. The molecule has 0 spiro atoms. The molecule has 4 nitrogen and oxygen atoms in total. The zero-order chi connectivity index (χ0) is 18.1. The van der Waals surface area contributed by atoms with E-state index in [-0.39, 0.29) is 18.1 Å². The molecular weight excluding hydrogens is 329 g/mol. The van der Waals surface area contributed by atoms with E-state index in [0.717, 1.165) is 35.4 Å². The van der Waals surface area contributed by atoms with Crippen molar-refractivity contribution in [1.29, 1.82) is 0 Å². The third-order valence-corrected chi connectivity index (χ3v) is 4.58. The fourth-order valence-electron chi connectivity index (χ4n) is 3.25. The number of carbonyl (C=O) groups is 1. The van der Waals surface area contributed by atoms with E-state index in [0.29, 0.717) is 11.5 Å². The number of anilines is 1. The van der Waals surface area contributed by atoms with Crippen LogP contribution in [0.3, 0.4) is 0 Å². The van der Waals surface area contributed by atoms with Gasteiger partial charge in [0.2, 0.25) is 5.91 Å². The average Bonchev–Trinajstić information content (AvgIpc) is 2.64. The zero-order valence-electron chi connectivity index (χ0n) is 14.4. The number of halogens is 1. The number of hydrogen-bond donors (Lipinski definition) is 1. The molecule has 5 heteroatoms. The second-order valence-electron chi connectivity index (χ2n) is 6.46. The highest BCUT2D eigenvalue weighted by atomic mass is 19.1. The van der Waals surface area contributed by atoms with Gasteiger partial charge in [0, 0.05) is 5.56 Å². The number of aryl methyl sites for hydroxylation is 3. The van der Waals surface area contributed by atoms with Gasteiger partial charge in [0.25, 0.3) is 0 Å². The lowest BCUT2D eigenvalue weighted by Crippen LogP contribution is -2.19. The Bertz CT molecular complexity index is 983. The first kappa shape index (κ1) is 16.4. The SMILES string of the molecule is Cc1nc2c(nc1NC(=O)Cc1ccc(F)cc1)CCc1ccccc1-2. The van der Waals surface area contributed by atoms with Gasteiger partial charge < -0.3 is 5.32 Å². The van der Waals surface area contributed by atoms with Crippen molar-refractivity contribution in [2.45, 2.75) is 26.2 Å². The Balaban J connectivity index is 1.57. The number of aromatic nitrogens is 2. The first-order valence-corrected chi connectivity index (χ1v) is 8.60. The minimum Gasteiger partial charge on any atom is -0.309 e. The lowest BCUT2D eigenvalue weighted by atomic mass is 9.92. The Hall–Kier alpha value is -3.08. The Labute approximate surface area is 151 Å². The molecule has 1 amide bonds. The molecule has 0 saturated heterocycles. The second kappa shape index (κ2) is 6.67. The first-order chi connectivity index (χ1) is 12.6. The van der Waals surface area contributed by atoms with Gasteiger partial charge in [-0.3, -0.25) is 4.79 Å². The van der Waals surface area contributed by atoms with Gasteiger partial charge in [0.15, 0.2) is 5.82 Å². The highest BCUT2D eigenvalue weighted by Crippen LogP contribution is 2.32. The number of benzene rings is 2. The van der Waals surface area contributed by atoms with Crippen LogP contribution in [0.2, 0.25) is 0 Å². The van der Waals surface area contributed by atoms with Crippen molar-refractivity contribution in [2.75, 3.05) is 5.32 Å². The van der Waals surface area contributed by atoms with E-state index in [9.17, 15) is 9.18 Å². The van der Waals surface area contributed by atoms with Crippen LogP contribution >= 0.6 is 0 Å². The van der Waals surface area contributed by atoms with Crippen molar-refractivity contribution in [3.8, 4) is 11.3 Å². The Morgan fingerprint density at radius 2 is 1.85 bits per heavy atom. The van der Waals surface area contributed by atoms with Crippen LogP contribution in [0.5, 0.6) is 0 Å². The summed E-state index contributed by atoms with van der Waals surface area (Å²) < 4.78 is 13.0. The number of rotatable bonds is 3. The first-order valence-electron chi connectivity index (χ1n) is 8.60. The zero-order valence-corrected chi connectivity index (χ0v) is 14.4. The fraction of sp³-hybridized carbons (Fsp3) is 0.190. The van der Waals surface area contributed by atoms with Gasteiger partial charge in [0.05, 0.1) is 23.5 Å². The molecule has 1 aromatic heterocycles. The van der Waals surface area contributed by atoms with Gasteiger partial charge in [-0.1, -0.05) is 36.4 Å². The van der Waals surface area contributed by atoms with Gasteiger partial charge >= 0.3 is 0 Å². The van der Waals surface area contributed by atoms with Crippen LogP contribution in [0.15, 0.2) is 48.5 Å². The average molecular weight is 347 g/mol. The third-order valence-electron chi connectivity index (χ3n) is 4.58. The van der Waals surface area contributed by atoms with Gasteiger partial charge in [-0.15, -0.1) is 0 Å². The predicted octanol–water partition coefficient (Wildman–Crippen LogP) is 3.87. The molecule has 0 radical (unpaired) electrons. The summed E-state index contributed by atoms with van der Waals surface area (Å²) >= 11 is 0. The quantitative estimate of drug-likeness (QED) is 0.782. The molecule has 0 unspecified atom stereocenters. The minimum atomic E-state index is -0.314. The fourth-order valence-corrected chi connectivity index (χ4v) is 3.25. The summed E-state index contributed by atoms with van der Waals surface area (Å²) in [6.45, 7) is 1.85. The smallest absolute Gasteiger partial charge is 0.229 e. The van der Waals surface area contributed by atoms with Crippen molar-refractivity contribution < 1.29 is 9.18 Å². The molecule has 2 aromatic carbocycles. The normalized spacial score (nSPS) is 12.2. The van der Waals surface area contributed by atoms with Crippen LogP contribution in [0.4, 0.5) is 10.2 Å². The van der Waals surface area contributed by atoms with E-state index in [1.54, 1.807) is 12.1 Å². The third kappa shape index (κ3) is 3.20. The van der Waals surface area contributed by atoms with Crippen LogP contribution < -0.4 is 5.32 Å². The molecule has 26 heavy (non-hydrogen) atoms. The monoisotopic (exact) mass is 347 g/mol. The summed E-state index contributed by atoms with van der Waals surface area (Å²) in [5, 5.41) is 2.84. The van der Waals surface area contributed by atoms with E-state index in [4.69, 9.17) is 4.98 Å². The lowest BCUT2D eigenvalue weighted by Gasteiger charge is -2.20. The summed E-state index contributed by atoms with van der Waals surface area (Å²) in [7, 11) is 0. The van der Waals surface area contributed by atoms with Gasteiger partial charge in [-0.2, -0.15) is 0 Å². The van der Waals surface area contributed by atoms with Crippen molar-refractivity contribution in [2.24, 2.45) is 0 Å². The summed E-state index contributed by atoms with van der Waals surface area (Å²) in [4.78, 5) is 21.7. The summed E-state index contributed by atoms with van der Waals surface area (Å²) in [6.07, 6.45) is 1.89. The number of carbonyl (C=O) groups excluding carboxylic acids is 1. The van der Waals surface area contributed by atoms with E-state index in [1.807, 2.05) is 19.1 Å². The number of nitrogens with zero attached hydrogens (tertiary/aromatic N) is 2. The molecule has 0 aliphatic heterocycles. The Morgan fingerprint density at radius 3 is 2.65 bits per heavy atom. The topological polar surface area (TPSA) is 54.9 Å². The summed E-state index contributed by atoms with van der Waals surface area (Å²) in [5.74, 6) is -0.00810. The molecule has 1 heterocycles. The van der Waals surface area contributed by atoms with Crippen molar-refractivity contribution in [3.63, 3.8) is 0 Å². The second-order valence-corrected chi connectivity index (χ2v) is 6.46. The van der Waals surface area contributed by atoms with E-state index >= 15 is 0 Å². The molecule has 3 aromatic rings. The van der Waals surface area contributed by atoms with Crippen molar-refractivity contribution in [3.05, 3.63) is 76.9 Å². The summed E-state index contributed by atoms with van der Waals surface area (Å²) in [6, 6.07) is 14.1. The maximum Gasteiger partial charge on any atom is 0.229 e. The predicted molar refractivity (Wildman–Crippen MR) is 98.3 cm³/mol. The molecular formula is C21H18FN3O. The van der Waals surface area contributed by atoms with E-state index in [2.05, 4.69) is 22.4 Å². The van der Waals surface area contributed by atoms with E-state index in [1.165, 1.54) is 17.7 Å². The number of amides is 1. The van der Waals surface area contributed by atoms with Crippen LogP contribution in [-0.2, 0) is 24.1 Å². The highest BCUT2D eigenvalue weighted by Gasteiger charge is 2.20. The molecule has 1 aliphatic rings. The molecule has 4 rings (SSSR count). The molecule has 0 atom stereocenters. The molecule has 0 saturated carbocycles. The standard InChI is InChI=1S/C21H18FN3O/c1-13-21(25-19(26)12-14-6-9-16(22)10-7-14)24-18-11-8-15-4-2-3-5-17(15)20(18)23-13/h2-7,9-10H,8,11-12H2,1H3,(H,24,25,26). The van der Waals surface area contributed by atoms with Gasteiger partial charge in [0.1, 0.15) is 5.82 Å². The highest BCUT2D eigenvalue weighted by molar-refractivity contribution is 5.92. The molecule has 130 valence electrons. The largest absolute Gasteiger partial charge is 0.309 e. The molecule has 0 fully saturated rings. The lowest BCUT2D eigenvalue weighted by molar-refractivity contribution is -0.115. The van der Waals surface area contributed by atoms with Crippen LogP contribution in [0, 0.1) is 12.7 Å². The molecule has 1 N–H and O–H groups in total. The maximum atomic E-state index is 13.0.